The van der Waals surface area contributed by atoms with Gasteiger partial charge in [-0.3, -0.25) is 0 Å². The minimum atomic E-state index is -0.273. The summed E-state index contributed by atoms with van der Waals surface area (Å²) in [5, 5.41) is 0.757. The molecule has 1 rings (SSSR count). The van der Waals surface area contributed by atoms with Crippen LogP contribution in [-0.2, 0) is 0 Å². The molecule has 14 heavy (non-hydrogen) atoms. The molecule has 0 unspecified atom stereocenters. The third kappa shape index (κ3) is 3.50. The molecule has 0 radical (unpaired) electrons. The molecule has 0 heterocycles. The molecule has 1 aromatic carbocycles. The molecule has 0 saturated carbocycles. The molecule has 0 aromatic heterocycles. The average molecular weight is 259 g/mol. The number of hydrogen-bond acceptors (Lipinski definition) is 1. The lowest BCUT2D eigenvalue weighted by Crippen LogP contribution is -1.92. The van der Waals surface area contributed by atoms with Crippen molar-refractivity contribution < 1.29 is 9.13 Å². The van der Waals surface area contributed by atoms with Crippen LogP contribution in [0.1, 0.15) is 12.5 Å². The van der Waals surface area contributed by atoms with E-state index < -0.39 is 0 Å². The van der Waals surface area contributed by atoms with E-state index in [9.17, 15) is 4.39 Å². The van der Waals surface area contributed by atoms with Crippen molar-refractivity contribution in [2.45, 2.75) is 6.92 Å². The molecule has 0 N–H and O–H groups in total. The van der Waals surface area contributed by atoms with Gasteiger partial charge < -0.3 is 4.74 Å². The monoisotopic (exact) mass is 258 g/mol. The fourth-order valence-electron chi connectivity index (χ4n) is 1.11. The highest BCUT2D eigenvalue weighted by molar-refractivity contribution is 9.09. The third-order valence-corrected chi connectivity index (χ3v) is 1.98. The van der Waals surface area contributed by atoms with Crippen LogP contribution >= 0.6 is 15.9 Å². The van der Waals surface area contributed by atoms with E-state index >= 15 is 0 Å². The van der Waals surface area contributed by atoms with Crippen molar-refractivity contribution >= 4 is 22.0 Å². The van der Waals surface area contributed by atoms with Crippen molar-refractivity contribution in [3.05, 3.63) is 35.7 Å². The highest BCUT2D eigenvalue weighted by Crippen LogP contribution is 2.17. The maximum atomic E-state index is 13.1. The predicted molar refractivity (Wildman–Crippen MR) is 60.4 cm³/mol. The first-order chi connectivity index (χ1) is 6.76. The van der Waals surface area contributed by atoms with Crippen LogP contribution in [0.5, 0.6) is 5.75 Å². The summed E-state index contributed by atoms with van der Waals surface area (Å²) in [6, 6.07) is 4.67. The molecule has 0 spiro atoms. The first-order valence-electron chi connectivity index (χ1n) is 4.42. The Kier molecular flexibility index (Phi) is 4.66. The van der Waals surface area contributed by atoms with Gasteiger partial charge in [-0.25, -0.2) is 4.39 Å². The van der Waals surface area contributed by atoms with E-state index in [2.05, 4.69) is 15.9 Å². The van der Waals surface area contributed by atoms with Crippen LogP contribution < -0.4 is 4.74 Å². The Morgan fingerprint density at radius 3 is 2.86 bits per heavy atom. The van der Waals surface area contributed by atoms with Crippen LogP contribution in [0.3, 0.4) is 0 Å². The first-order valence-corrected chi connectivity index (χ1v) is 5.54. The molecule has 76 valence electrons. The van der Waals surface area contributed by atoms with Gasteiger partial charge in [-0.05, 0) is 24.6 Å². The zero-order valence-electron chi connectivity index (χ0n) is 7.97. The maximum Gasteiger partial charge on any atom is 0.127 e. The topological polar surface area (TPSA) is 9.23 Å². The molecule has 0 saturated heterocycles. The predicted octanol–water partition coefficient (Wildman–Crippen LogP) is 3.63. The van der Waals surface area contributed by atoms with Crippen LogP contribution in [0.15, 0.2) is 24.3 Å². The first kappa shape index (κ1) is 11.2. The molecule has 0 aliphatic rings. The Labute approximate surface area is 91.7 Å². The minimum absolute atomic E-state index is 0.273. The summed E-state index contributed by atoms with van der Waals surface area (Å²) in [5.74, 6) is 0.298. The second kappa shape index (κ2) is 5.81. The normalized spacial score (nSPS) is 10.8. The van der Waals surface area contributed by atoms with Gasteiger partial charge in [0.15, 0.2) is 0 Å². The van der Waals surface area contributed by atoms with E-state index in [0.29, 0.717) is 12.4 Å². The van der Waals surface area contributed by atoms with Crippen molar-refractivity contribution in [1.29, 1.82) is 0 Å². The number of ether oxygens (including phenoxy) is 1. The summed E-state index contributed by atoms with van der Waals surface area (Å²) in [6.07, 6.45) is 3.75. The quantitative estimate of drug-likeness (QED) is 0.750. The van der Waals surface area contributed by atoms with Gasteiger partial charge in [-0.1, -0.05) is 28.1 Å². The van der Waals surface area contributed by atoms with Gasteiger partial charge in [0.05, 0.1) is 6.61 Å². The summed E-state index contributed by atoms with van der Waals surface area (Å²) in [6.45, 7) is 2.42. The zero-order valence-corrected chi connectivity index (χ0v) is 9.55. The fraction of sp³-hybridized carbons (Fsp3) is 0.273. The highest BCUT2D eigenvalue weighted by Gasteiger charge is 1.98. The lowest BCUT2D eigenvalue weighted by atomic mass is 10.2. The largest absolute Gasteiger partial charge is 0.494 e. The number of rotatable bonds is 4. The van der Waals surface area contributed by atoms with Gasteiger partial charge in [0.25, 0.3) is 0 Å². The Hall–Kier alpha value is -0.830. The Morgan fingerprint density at radius 2 is 2.21 bits per heavy atom. The van der Waals surface area contributed by atoms with Crippen LogP contribution in [0, 0.1) is 5.82 Å². The molecule has 0 atom stereocenters. The van der Waals surface area contributed by atoms with Gasteiger partial charge in [0.1, 0.15) is 11.6 Å². The Balaban J connectivity index is 2.89. The van der Waals surface area contributed by atoms with Gasteiger partial charge in [-0.2, -0.15) is 0 Å². The van der Waals surface area contributed by atoms with E-state index in [-0.39, 0.29) is 5.82 Å². The summed E-state index contributed by atoms with van der Waals surface area (Å²) in [5.41, 5.74) is 0.813. The van der Waals surface area contributed by atoms with Crippen LogP contribution in [-0.4, -0.2) is 11.9 Å². The smallest absolute Gasteiger partial charge is 0.127 e. The Morgan fingerprint density at radius 1 is 1.43 bits per heavy atom. The van der Waals surface area contributed by atoms with Crippen molar-refractivity contribution in [2.75, 3.05) is 11.9 Å². The molecule has 3 heteroatoms. The second-order valence-electron chi connectivity index (χ2n) is 2.71. The molecule has 0 amide bonds. The van der Waals surface area contributed by atoms with Crippen molar-refractivity contribution in [2.24, 2.45) is 0 Å². The van der Waals surface area contributed by atoms with Gasteiger partial charge >= 0.3 is 0 Å². The lowest BCUT2D eigenvalue weighted by molar-refractivity contribution is 0.338. The number of allylic oxidation sites excluding steroid dienone is 1. The maximum absolute atomic E-state index is 13.1. The lowest BCUT2D eigenvalue weighted by Gasteiger charge is -2.03. The molecule has 1 aromatic rings. The van der Waals surface area contributed by atoms with Crippen molar-refractivity contribution in [3.8, 4) is 5.75 Å². The highest BCUT2D eigenvalue weighted by atomic mass is 79.9. The molecule has 1 nitrogen and oxygen atoms in total. The number of halogens is 2. The minimum Gasteiger partial charge on any atom is -0.494 e. The summed E-state index contributed by atoms with van der Waals surface area (Å²) in [7, 11) is 0. The Bertz CT molecular complexity index is 323. The van der Waals surface area contributed by atoms with Gasteiger partial charge in [-0.15, -0.1) is 0 Å². The molecular formula is C11H12BrFO. The fourth-order valence-corrected chi connectivity index (χ4v) is 1.30. The van der Waals surface area contributed by atoms with E-state index in [4.69, 9.17) is 4.74 Å². The van der Waals surface area contributed by atoms with E-state index in [1.165, 1.54) is 12.1 Å². The van der Waals surface area contributed by atoms with Crippen LogP contribution in [0.2, 0.25) is 0 Å². The summed E-state index contributed by atoms with van der Waals surface area (Å²) < 4.78 is 18.3. The second-order valence-corrected chi connectivity index (χ2v) is 3.36. The van der Waals surface area contributed by atoms with Crippen molar-refractivity contribution in [1.82, 2.24) is 0 Å². The summed E-state index contributed by atoms with van der Waals surface area (Å²) in [4.78, 5) is 0. The van der Waals surface area contributed by atoms with E-state index in [0.717, 1.165) is 10.9 Å². The molecule has 0 aliphatic heterocycles. The van der Waals surface area contributed by atoms with Crippen molar-refractivity contribution in [3.63, 3.8) is 0 Å². The number of benzene rings is 1. The standard InChI is InChI=1S/C11H12BrFO/c1-2-14-11-7-9(4-3-5-12)6-10(13)8-11/h3-4,6-8H,2,5H2,1H3. The average Bonchev–Trinajstić information content (AvgIpc) is 2.14. The molecule has 0 aliphatic carbocycles. The molecule has 0 bridgehead atoms. The summed E-state index contributed by atoms with van der Waals surface area (Å²) >= 11 is 3.26. The zero-order chi connectivity index (χ0) is 10.4. The van der Waals surface area contributed by atoms with Crippen LogP contribution in [0.4, 0.5) is 4.39 Å². The van der Waals surface area contributed by atoms with E-state index in [1.807, 2.05) is 25.1 Å². The number of hydrogen-bond donors (Lipinski definition) is 0. The van der Waals surface area contributed by atoms with Gasteiger partial charge in [0, 0.05) is 11.4 Å². The molecule has 0 fully saturated rings. The van der Waals surface area contributed by atoms with E-state index in [1.54, 1.807) is 0 Å². The third-order valence-electron chi connectivity index (χ3n) is 1.60. The van der Waals surface area contributed by atoms with Crippen LogP contribution in [0.25, 0.3) is 6.08 Å². The van der Waals surface area contributed by atoms with Gasteiger partial charge in [0.2, 0.25) is 0 Å². The SMILES string of the molecule is CCOc1cc(F)cc(C=CCBr)c1. The molecular weight excluding hydrogens is 247 g/mol. The number of alkyl halides is 1.